The number of hydrogen-bond acceptors (Lipinski definition) is 7. The number of nitrogens with one attached hydrogen (secondary N) is 1. The largest absolute Gasteiger partial charge is 0.463 e. The molecule has 2 bridgehead atoms. The molecule has 0 spiro atoms. The maximum atomic E-state index is 12.5. The molecule has 1 N–H and O–H groups in total. The van der Waals surface area contributed by atoms with Gasteiger partial charge in [-0.3, -0.25) is 8.98 Å². The maximum absolute atomic E-state index is 12.5. The zero-order valence-electron chi connectivity index (χ0n) is 18.3. The fraction of sp³-hybridized carbons (Fsp3) is 0.900. The Morgan fingerprint density at radius 3 is 2.45 bits per heavy atom. The van der Waals surface area contributed by atoms with Gasteiger partial charge in [-0.1, -0.05) is 20.8 Å². The molecule has 0 aromatic heterocycles. The molecule has 6 unspecified atom stereocenters. The van der Waals surface area contributed by atoms with E-state index < -0.39 is 43.5 Å². The van der Waals surface area contributed by atoms with Crippen molar-refractivity contribution in [1.82, 2.24) is 5.32 Å². The fourth-order valence-electron chi connectivity index (χ4n) is 5.59. The SMILES string of the molecule is CCC(C)(C)C(=O)OCCNC(=O)OC1(C)C2(C)CC3C(C2C)C1(C)OS3(=O)=O. The predicted octanol–water partition coefficient (Wildman–Crippen LogP) is 2.61. The van der Waals surface area contributed by atoms with E-state index in [0.717, 1.165) is 0 Å². The van der Waals surface area contributed by atoms with E-state index in [-0.39, 0.29) is 31.0 Å². The zero-order valence-corrected chi connectivity index (χ0v) is 19.1. The van der Waals surface area contributed by atoms with Crippen LogP contribution in [0.25, 0.3) is 0 Å². The number of rotatable bonds is 6. The first-order valence-corrected chi connectivity index (χ1v) is 11.7. The van der Waals surface area contributed by atoms with Gasteiger partial charge >= 0.3 is 12.1 Å². The maximum Gasteiger partial charge on any atom is 0.407 e. The Balaban J connectivity index is 1.64. The van der Waals surface area contributed by atoms with Gasteiger partial charge in [0.25, 0.3) is 10.1 Å². The van der Waals surface area contributed by atoms with Crippen LogP contribution in [-0.2, 0) is 28.6 Å². The molecule has 1 amide bonds. The van der Waals surface area contributed by atoms with Crippen LogP contribution in [0, 0.1) is 22.7 Å². The second-order valence-corrected chi connectivity index (χ2v) is 11.6. The fourth-order valence-corrected chi connectivity index (χ4v) is 7.87. The Hall–Kier alpha value is -1.35. The summed E-state index contributed by atoms with van der Waals surface area (Å²) in [6, 6.07) is 0. The third kappa shape index (κ3) is 2.91. The van der Waals surface area contributed by atoms with Gasteiger partial charge < -0.3 is 14.8 Å². The third-order valence-electron chi connectivity index (χ3n) is 8.24. The summed E-state index contributed by atoms with van der Waals surface area (Å²) in [5.41, 5.74) is -3.29. The highest BCUT2D eigenvalue weighted by molar-refractivity contribution is 7.87. The van der Waals surface area contributed by atoms with Gasteiger partial charge in [-0.15, -0.1) is 0 Å². The van der Waals surface area contributed by atoms with E-state index in [1.54, 1.807) is 27.7 Å². The summed E-state index contributed by atoms with van der Waals surface area (Å²) in [6.07, 6.45) is 0.384. The molecule has 9 heteroatoms. The Morgan fingerprint density at radius 1 is 1.24 bits per heavy atom. The van der Waals surface area contributed by atoms with Crippen LogP contribution in [0.1, 0.15) is 61.3 Å². The minimum Gasteiger partial charge on any atom is -0.463 e. The van der Waals surface area contributed by atoms with Crippen LogP contribution in [0.2, 0.25) is 0 Å². The third-order valence-corrected chi connectivity index (χ3v) is 10.0. The number of hydrogen-bond donors (Lipinski definition) is 1. The number of esters is 1. The van der Waals surface area contributed by atoms with E-state index in [1.165, 1.54) is 0 Å². The molecule has 1 aliphatic heterocycles. The van der Waals surface area contributed by atoms with Crippen molar-refractivity contribution in [1.29, 1.82) is 0 Å². The van der Waals surface area contributed by atoms with E-state index in [4.69, 9.17) is 13.7 Å². The van der Waals surface area contributed by atoms with Gasteiger partial charge in [-0.05, 0) is 46.5 Å². The van der Waals surface area contributed by atoms with Gasteiger partial charge in [-0.2, -0.15) is 8.42 Å². The second kappa shape index (κ2) is 6.57. The number of carbonyl (C=O) groups excluding carboxylic acids is 2. The molecule has 0 aromatic carbocycles. The number of amides is 1. The van der Waals surface area contributed by atoms with Gasteiger partial charge in [0, 0.05) is 11.3 Å². The van der Waals surface area contributed by atoms with Crippen LogP contribution in [0.5, 0.6) is 0 Å². The zero-order chi connectivity index (χ0) is 22.0. The van der Waals surface area contributed by atoms with E-state index in [9.17, 15) is 18.0 Å². The number of alkyl carbamates (subject to hydrolysis) is 1. The number of fused-ring (bicyclic) bond motifs is 1. The van der Waals surface area contributed by atoms with Crippen molar-refractivity contribution in [3.05, 3.63) is 0 Å². The molecule has 3 aliphatic rings. The molecule has 2 saturated carbocycles. The van der Waals surface area contributed by atoms with Crippen LogP contribution >= 0.6 is 0 Å². The van der Waals surface area contributed by atoms with Crippen LogP contribution in [0.15, 0.2) is 0 Å². The number of ether oxygens (including phenoxy) is 2. The van der Waals surface area contributed by atoms with Crippen molar-refractivity contribution in [2.45, 2.75) is 77.8 Å². The lowest BCUT2D eigenvalue weighted by Gasteiger charge is -2.48. The van der Waals surface area contributed by atoms with Crippen LogP contribution in [0.4, 0.5) is 4.79 Å². The predicted molar refractivity (Wildman–Crippen MR) is 105 cm³/mol. The standard InChI is InChI=1S/C20H33NO7S/c1-8-17(3,4)15(22)26-10-9-21-16(23)27-20(7)18(5)11-13-14(12(18)2)19(20,6)28-29(13,24)25/h12-14H,8-11H2,1-7H3,(H,21,23). The Bertz CT molecular complexity index is 825. The van der Waals surface area contributed by atoms with Gasteiger partial charge in [0.1, 0.15) is 17.8 Å². The van der Waals surface area contributed by atoms with E-state index >= 15 is 0 Å². The summed E-state index contributed by atoms with van der Waals surface area (Å²) in [6.45, 7) is 13.1. The van der Waals surface area contributed by atoms with E-state index in [0.29, 0.717) is 12.8 Å². The van der Waals surface area contributed by atoms with Gasteiger partial charge in [0.15, 0.2) is 0 Å². The van der Waals surface area contributed by atoms with Gasteiger partial charge in [-0.25, -0.2) is 4.79 Å². The summed E-state index contributed by atoms with van der Waals surface area (Å²) < 4.78 is 41.6. The first kappa shape index (κ1) is 22.3. The summed E-state index contributed by atoms with van der Waals surface area (Å²) in [5, 5.41) is 2.06. The Kier molecular flexibility index (Phi) is 5.06. The van der Waals surface area contributed by atoms with Crippen LogP contribution in [0.3, 0.4) is 0 Å². The van der Waals surface area contributed by atoms with Crippen molar-refractivity contribution in [3.8, 4) is 0 Å². The molecule has 8 nitrogen and oxygen atoms in total. The molecule has 3 fully saturated rings. The molecule has 3 rings (SSSR count). The Morgan fingerprint density at radius 2 is 1.86 bits per heavy atom. The minimum atomic E-state index is -3.68. The first-order chi connectivity index (χ1) is 13.2. The minimum absolute atomic E-state index is 0.0322. The number of carbonyl (C=O) groups is 2. The molecule has 29 heavy (non-hydrogen) atoms. The van der Waals surface area contributed by atoms with Crippen LogP contribution < -0.4 is 5.32 Å². The van der Waals surface area contributed by atoms with E-state index in [1.807, 2.05) is 20.8 Å². The monoisotopic (exact) mass is 431 g/mol. The molecule has 1 saturated heterocycles. The second-order valence-electron chi connectivity index (χ2n) is 9.88. The highest BCUT2D eigenvalue weighted by atomic mass is 32.2. The molecule has 6 atom stereocenters. The topological polar surface area (TPSA) is 108 Å². The summed E-state index contributed by atoms with van der Waals surface area (Å²) in [4.78, 5) is 24.5. The van der Waals surface area contributed by atoms with Crippen molar-refractivity contribution in [2.75, 3.05) is 13.2 Å². The van der Waals surface area contributed by atoms with E-state index in [2.05, 4.69) is 5.32 Å². The molecule has 0 radical (unpaired) electrons. The molecule has 0 aromatic rings. The smallest absolute Gasteiger partial charge is 0.407 e. The quantitative estimate of drug-likeness (QED) is 0.391. The van der Waals surface area contributed by atoms with Crippen molar-refractivity contribution >= 4 is 22.2 Å². The average Bonchev–Trinajstić information content (AvgIpc) is 3.04. The molecular weight excluding hydrogens is 398 g/mol. The van der Waals surface area contributed by atoms with Crippen molar-refractivity contribution < 1.29 is 31.7 Å². The van der Waals surface area contributed by atoms with Gasteiger partial charge in [0.2, 0.25) is 0 Å². The Labute approximate surface area is 173 Å². The van der Waals surface area contributed by atoms with Crippen molar-refractivity contribution in [2.24, 2.45) is 22.7 Å². The van der Waals surface area contributed by atoms with Gasteiger partial charge in [0.05, 0.1) is 17.2 Å². The highest BCUT2D eigenvalue weighted by Gasteiger charge is 2.84. The van der Waals surface area contributed by atoms with Crippen LogP contribution in [-0.4, -0.2) is 50.1 Å². The molecule has 166 valence electrons. The molecule has 1 heterocycles. The average molecular weight is 432 g/mol. The summed E-state index contributed by atoms with van der Waals surface area (Å²) >= 11 is 0. The van der Waals surface area contributed by atoms with Crippen molar-refractivity contribution in [3.63, 3.8) is 0 Å². The lowest BCUT2D eigenvalue weighted by atomic mass is 9.66. The molecule has 2 aliphatic carbocycles. The lowest BCUT2D eigenvalue weighted by Crippen LogP contribution is -2.61. The highest BCUT2D eigenvalue weighted by Crippen LogP contribution is 2.74. The lowest BCUT2D eigenvalue weighted by molar-refractivity contribution is -0.158. The summed E-state index contributed by atoms with van der Waals surface area (Å²) in [7, 11) is -3.68. The molecular formula is C20H33NO7S. The normalized spacial score (nSPS) is 42.0. The summed E-state index contributed by atoms with van der Waals surface area (Å²) in [5.74, 6) is -0.503. The first-order valence-electron chi connectivity index (χ1n) is 10.2.